The van der Waals surface area contributed by atoms with E-state index in [4.69, 9.17) is 29.2 Å². The Balaban J connectivity index is 2.34. The lowest BCUT2D eigenvalue weighted by Crippen LogP contribution is -2.45. The highest BCUT2D eigenvalue weighted by Gasteiger charge is 2.18. The van der Waals surface area contributed by atoms with Gasteiger partial charge in [-0.25, -0.2) is 0 Å². The summed E-state index contributed by atoms with van der Waals surface area (Å²) in [5.41, 5.74) is 0. The molecule has 1 fully saturated rings. The molecule has 3 nitrogen and oxygen atoms in total. The lowest BCUT2D eigenvalue weighted by atomic mass is 10.1. The Hall–Kier alpha value is -0.260. The third-order valence-electron chi connectivity index (χ3n) is 3.10. The minimum atomic E-state index is 0.149. The van der Waals surface area contributed by atoms with Crippen molar-refractivity contribution in [1.82, 2.24) is 10.6 Å². The van der Waals surface area contributed by atoms with E-state index in [1.54, 1.807) is 0 Å². The summed E-state index contributed by atoms with van der Waals surface area (Å²) in [7, 11) is 0. The number of hydrogen-bond acceptors (Lipinski definition) is 3. The average Bonchev–Trinajstić information content (AvgIpc) is 2.37. The molecule has 0 aromatic heterocycles. The summed E-state index contributed by atoms with van der Waals surface area (Å²) in [5.74, 6) is 0. The number of nitrogens with one attached hydrogen (secondary N) is 2. The van der Waals surface area contributed by atoms with Gasteiger partial charge >= 0.3 is 0 Å². The summed E-state index contributed by atoms with van der Waals surface area (Å²) in [5, 5.41) is 6.53. The van der Waals surface area contributed by atoms with E-state index in [2.05, 4.69) is 17.6 Å². The minimum Gasteiger partial charge on any atom is -0.378 e. The third-order valence-corrected chi connectivity index (χ3v) is 3.81. The molecular weight excluding hydrogens is 264 g/mol. The lowest BCUT2D eigenvalue weighted by molar-refractivity contribution is 0.0210. The van der Waals surface area contributed by atoms with Crippen LogP contribution in [0.2, 0.25) is 0 Å². The zero-order valence-electron chi connectivity index (χ0n) is 11.3. The van der Waals surface area contributed by atoms with Crippen LogP contribution in [0.4, 0.5) is 0 Å². The Morgan fingerprint density at radius 1 is 1.33 bits per heavy atom. The first kappa shape index (κ1) is 15.8. The van der Waals surface area contributed by atoms with Crippen LogP contribution in [0.3, 0.4) is 0 Å². The van der Waals surface area contributed by atoms with E-state index in [1.807, 2.05) is 6.92 Å². The monoisotopic (exact) mass is 288 g/mol. The largest absolute Gasteiger partial charge is 0.378 e. The van der Waals surface area contributed by atoms with Crippen molar-refractivity contribution >= 4 is 34.4 Å². The molecule has 0 aromatic rings. The quantitative estimate of drug-likeness (QED) is 0.734. The van der Waals surface area contributed by atoms with Crippen molar-refractivity contribution in [3.05, 3.63) is 0 Å². The van der Waals surface area contributed by atoms with Crippen molar-refractivity contribution < 1.29 is 4.74 Å². The van der Waals surface area contributed by atoms with Crippen LogP contribution < -0.4 is 10.6 Å². The van der Waals surface area contributed by atoms with E-state index in [0.29, 0.717) is 6.10 Å². The van der Waals surface area contributed by atoms with Crippen LogP contribution >= 0.6 is 24.4 Å². The first-order valence-corrected chi connectivity index (χ1v) is 7.67. The van der Waals surface area contributed by atoms with E-state index in [9.17, 15) is 0 Å². The number of ether oxygens (including phenoxy) is 1. The second-order valence-corrected chi connectivity index (χ2v) is 5.55. The highest BCUT2D eigenvalue weighted by molar-refractivity contribution is 7.80. The molecule has 2 unspecified atom stereocenters. The van der Waals surface area contributed by atoms with Crippen LogP contribution in [0.15, 0.2) is 0 Å². The van der Waals surface area contributed by atoms with Gasteiger partial charge in [-0.15, -0.1) is 0 Å². The summed E-state index contributed by atoms with van der Waals surface area (Å²) >= 11 is 10.7. The normalized spacial score (nSPS) is 21.1. The highest BCUT2D eigenvalue weighted by atomic mass is 32.1. The van der Waals surface area contributed by atoms with E-state index >= 15 is 0 Å². The molecule has 1 heterocycles. The maximum Gasteiger partial charge on any atom is 0.0979 e. The van der Waals surface area contributed by atoms with Gasteiger partial charge in [-0.2, -0.15) is 0 Å². The fourth-order valence-corrected chi connectivity index (χ4v) is 2.78. The number of thiocarbonyl (C=S) groups is 2. The van der Waals surface area contributed by atoms with Gasteiger partial charge in [0.15, 0.2) is 0 Å². The average molecular weight is 288 g/mol. The molecule has 104 valence electrons. The van der Waals surface area contributed by atoms with Crippen molar-refractivity contribution in [3.8, 4) is 0 Å². The topological polar surface area (TPSA) is 33.3 Å². The Labute approximate surface area is 121 Å². The van der Waals surface area contributed by atoms with E-state index in [-0.39, 0.29) is 6.04 Å². The molecule has 0 aliphatic carbocycles. The first-order chi connectivity index (χ1) is 8.67. The number of rotatable bonds is 6. The summed E-state index contributed by atoms with van der Waals surface area (Å²) in [6, 6.07) is 0.149. The summed E-state index contributed by atoms with van der Waals surface area (Å²) in [6.07, 6.45) is 5.61. The predicted molar refractivity (Wildman–Crippen MR) is 84.3 cm³/mol. The lowest BCUT2D eigenvalue weighted by Gasteiger charge is -2.25. The molecule has 18 heavy (non-hydrogen) atoms. The van der Waals surface area contributed by atoms with E-state index in [1.165, 1.54) is 12.8 Å². The van der Waals surface area contributed by atoms with Crippen LogP contribution in [0, 0.1) is 0 Å². The fourth-order valence-electron chi connectivity index (χ4n) is 2.08. The minimum absolute atomic E-state index is 0.149. The van der Waals surface area contributed by atoms with Crippen LogP contribution in [0.25, 0.3) is 0 Å². The Bertz CT molecular complexity index is 278. The summed E-state index contributed by atoms with van der Waals surface area (Å²) < 4.78 is 5.70. The maximum absolute atomic E-state index is 5.70. The van der Waals surface area contributed by atoms with Gasteiger partial charge in [0.25, 0.3) is 0 Å². The van der Waals surface area contributed by atoms with Gasteiger partial charge in [-0.3, -0.25) is 0 Å². The Kier molecular flexibility index (Phi) is 7.70. The van der Waals surface area contributed by atoms with E-state index in [0.717, 1.165) is 42.4 Å². The van der Waals surface area contributed by atoms with Crippen molar-refractivity contribution in [2.75, 3.05) is 13.2 Å². The summed E-state index contributed by atoms with van der Waals surface area (Å²) in [4.78, 5) is 1.72. The van der Waals surface area contributed by atoms with Gasteiger partial charge in [0, 0.05) is 19.6 Å². The van der Waals surface area contributed by atoms with Crippen molar-refractivity contribution in [1.29, 1.82) is 0 Å². The van der Waals surface area contributed by atoms with Crippen molar-refractivity contribution in [2.24, 2.45) is 0 Å². The zero-order valence-corrected chi connectivity index (χ0v) is 13.0. The van der Waals surface area contributed by atoms with Crippen LogP contribution in [-0.4, -0.2) is 35.3 Å². The zero-order chi connectivity index (χ0) is 13.4. The highest BCUT2D eigenvalue weighted by Crippen LogP contribution is 2.16. The molecule has 2 atom stereocenters. The molecule has 0 amide bonds. The molecule has 0 radical (unpaired) electrons. The van der Waals surface area contributed by atoms with Gasteiger partial charge in [-0.1, -0.05) is 31.4 Å². The van der Waals surface area contributed by atoms with Gasteiger partial charge in [0.05, 0.1) is 22.1 Å². The van der Waals surface area contributed by atoms with Crippen LogP contribution in [0.5, 0.6) is 0 Å². The second-order valence-electron chi connectivity index (χ2n) is 4.62. The van der Waals surface area contributed by atoms with Crippen molar-refractivity contribution in [3.63, 3.8) is 0 Å². The molecule has 0 spiro atoms. The number of hydrogen-bond donors (Lipinski definition) is 2. The molecule has 5 heteroatoms. The molecule has 1 aliphatic rings. The Morgan fingerprint density at radius 2 is 2.11 bits per heavy atom. The first-order valence-electron chi connectivity index (χ1n) is 6.86. The fraction of sp³-hybridized carbons (Fsp3) is 0.846. The SMILES string of the molecule is CCNC(=S)C(CC)NC(=S)CC1CCCCO1. The molecule has 0 aromatic carbocycles. The molecule has 1 saturated heterocycles. The smallest absolute Gasteiger partial charge is 0.0979 e. The molecule has 0 saturated carbocycles. The van der Waals surface area contributed by atoms with Gasteiger partial charge < -0.3 is 15.4 Å². The summed E-state index contributed by atoms with van der Waals surface area (Å²) in [6.45, 7) is 5.89. The van der Waals surface area contributed by atoms with Gasteiger partial charge in [0.1, 0.15) is 0 Å². The second kappa shape index (κ2) is 8.77. The van der Waals surface area contributed by atoms with Crippen LogP contribution in [-0.2, 0) is 4.74 Å². The molecule has 2 N–H and O–H groups in total. The van der Waals surface area contributed by atoms with Gasteiger partial charge in [0.2, 0.25) is 0 Å². The van der Waals surface area contributed by atoms with Crippen molar-refractivity contribution in [2.45, 2.75) is 58.1 Å². The molecule has 1 aliphatic heterocycles. The predicted octanol–water partition coefficient (Wildman–Crippen LogP) is 2.58. The molecular formula is C13H24N2OS2. The van der Waals surface area contributed by atoms with E-state index < -0.39 is 0 Å². The molecule has 0 bridgehead atoms. The number of likely N-dealkylation sites (N-methyl/N-ethyl adjacent to an activating group) is 1. The van der Waals surface area contributed by atoms with Gasteiger partial charge in [-0.05, 0) is 32.6 Å². The third kappa shape index (κ3) is 5.59. The standard InChI is InChI=1S/C13H24N2OS2/c1-3-11(13(18)14-4-2)15-12(17)9-10-7-5-6-8-16-10/h10-11H,3-9H2,1-2H3,(H,14,18)(H,15,17). The van der Waals surface area contributed by atoms with Crippen LogP contribution in [0.1, 0.15) is 46.0 Å². The maximum atomic E-state index is 5.70. The Morgan fingerprint density at radius 3 is 2.67 bits per heavy atom. The molecule has 1 rings (SSSR count).